The summed E-state index contributed by atoms with van der Waals surface area (Å²) in [7, 11) is 6.31. The molecule has 1 fully saturated rings. The fraction of sp³-hybridized carbons (Fsp3) is 0.778. The van der Waals surface area contributed by atoms with Gasteiger partial charge in [-0.1, -0.05) is 6.58 Å². The van der Waals surface area contributed by atoms with E-state index in [9.17, 15) is 0 Å². The Hall–Kier alpha value is -0.500. The standard InChI is InChI=1S/C9H18N2/c1-8(10(2)3)9-5-6-11(4)7-9/h9H,1,5-7H2,2-4H3. The summed E-state index contributed by atoms with van der Waals surface area (Å²) in [4.78, 5) is 4.49. The van der Waals surface area contributed by atoms with E-state index in [1.807, 2.05) is 0 Å². The SMILES string of the molecule is C=C(C1CCN(C)C1)N(C)C. The zero-order valence-electron chi connectivity index (χ0n) is 7.80. The molecule has 64 valence electrons. The van der Waals surface area contributed by atoms with Crippen molar-refractivity contribution in [3.63, 3.8) is 0 Å². The Morgan fingerprint density at radius 3 is 2.55 bits per heavy atom. The highest BCUT2D eigenvalue weighted by Gasteiger charge is 2.22. The predicted octanol–water partition coefficient (Wildman–Crippen LogP) is 1.01. The predicted molar refractivity (Wildman–Crippen MR) is 48.4 cm³/mol. The fourth-order valence-corrected chi connectivity index (χ4v) is 1.57. The van der Waals surface area contributed by atoms with Gasteiger partial charge in [-0.15, -0.1) is 0 Å². The van der Waals surface area contributed by atoms with Crippen molar-refractivity contribution < 1.29 is 0 Å². The molecule has 1 saturated heterocycles. The van der Waals surface area contributed by atoms with E-state index in [-0.39, 0.29) is 0 Å². The molecule has 1 unspecified atom stereocenters. The minimum absolute atomic E-state index is 0.690. The number of rotatable bonds is 2. The summed E-state index contributed by atoms with van der Waals surface area (Å²) < 4.78 is 0. The lowest BCUT2D eigenvalue weighted by molar-refractivity contribution is 0.378. The summed E-state index contributed by atoms with van der Waals surface area (Å²) in [6.45, 7) is 6.47. The molecule has 11 heavy (non-hydrogen) atoms. The molecule has 0 aliphatic carbocycles. The van der Waals surface area contributed by atoms with Crippen LogP contribution < -0.4 is 0 Å². The Labute approximate surface area is 69.5 Å². The molecule has 0 aromatic carbocycles. The Balaban J connectivity index is 2.43. The average Bonchev–Trinajstić information content (AvgIpc) is 2.34. The first-order valence-electron chi connectivity index (χ1n) is 4.16. The lowest BCUT2D eigenvalue weighted by Crippen LogP contribution is -2.21. The molecule has 0 radical (unpaired) electrons. The molecule has 0 saturated carbocycles. The number of nitrogens with zero attached hydrogens (tertiary/aromatic N) is 2. The van der Waals surface area contributed by atoms with Crippen LogP contribution in [-0.4, -0.2) is 44.0 Å². The molecule has 1 heterocycles. The van der Waals surface area contributed by atoms with E-state index in [4.69, 9.17) is 0 Å². The summed E-state index contributed by atoms with van der Waals surface area (Å²) in [6.07, 6.45) is 1.27. The van der Waals surface area contributed by atoms with E-state index in [0.717, 1.165) is 0 Å². The van der Waals surface area contributed by atoms with Crippen molar-refractivity contribution in [1.82, 2.24) is 9.80 Å². The second-order valence-corrected chi connectivity index (χ2v) is 3.63. The third-order valence-electron chi connectivity index (χ3n) is 2.44. The van der Waals surface area contributed by atoms with Crippen LogP contribution in [0.1, 0.15) is 6.42 Å². The van der Waals surface area contributed by atoms with Gasteiger partial charge in [0.2, 0.25) is 0 Å². The van der Waals surface area contributed by atoms with Gasteiger partial charge >= 0.3 is 0 Å². The zero-order chi connectivity index (χ0) is 8.43. The van der Waals surface area contributed by atoms with Crippen LogP contribution in [0.3, 0.4) is 0 Å². The van der Waals surface area contributed by atoms with E-state index in [1.165, 1.54) is 25.2 Å². The van der Waals surface area contributed by atoms with Crippen LogP contribution >= 0.6 is 0 Å². The highest BCUT2D eigenvalue weighted by Crippen LogP contribution is 2.22. The third kappa shape index (κ3) is 1.96. The largest absolute Gasteiger partial charge is 0.381 e. The van der Waals surface area contributed by atoms with Gasteiger partial charge in [-0.3, -0.25) is 0 Å². The first-order chi connectivity index (χ1) is 5.11. The second-order valence-electron chi connectivity index (χ2n) is 3.63. The van der Waals surface area contributed by atoms with Gasteiger partial charge in [0.15, 0.2) is 0 Å². The van der Waals surface area contributed by atoms with Crippen molar-refractivity contribution in [2.24, 2.45) is 5.92 Å². The molecule has 0 aromatic heterocycles. The van der Waals surface area contributed by atoms with Crippen LogP contribution in [0.25, 0.3) is 0 Å². The number of hydrogen-bond acceptors (Lipinski definition) is 2. The van der Waals surface area contributed by atoms with Crippen molar-refractivity contribution in [3.8, 4) is 0 Å². The maximum absolute atomic E-state index is 4.07. The van der Waals surface area contributed by atoms with Gasteiger partial charge in [-0.2, -0.15) is 0 Å². The molecule has 1 rings (SSSR count). The summed E-state index contributed by atoms with van der Waals surface area (Å²) in [5, 5.41) is 0. The maximum atomic E-state index is 4.07. The molecule has 0 N–H and O–H groups in total. The molecule has 0 bridgehead atoms. The average molecular weight is 154 g/mol. The molecule has 1 atom stereocenters. The summed E-state index contributed by atoms with van der Waals surface area (Å²) in [6, 6.07) is 0. The molecule has 0 spiro atoms. The summed E-state index contributed by atoms with van der Waals surface area (Å²) in [5.41, 5.74) is 1.27. The minimum atomic E-state index is 0.690. The summed E-state index contributed by atoms with van der Waals surface area (Å²) in [5.74, 6) is 0.690. The Morgan fingerprint density at radius 1 is 1.55 bits per heavy atom. The van der Waals surface area contributed by atoms with Gasteiger partial charge in [-0.25, -0.2) is 0 Å². The quantitative estimate of drug-likeness (QED) is 0.586. The van der Waals surface area contributed by atoms with Crippen molar-refractivity contribution in [2.45, 2.75) is 6.42 Å². The van der Waals surface area contributed by atoms with Crippen LogP contribution in [0.2, 0.25) is 0 Å². The number of hydrogen-bond donors (Lipinski definition) is 0. The van der Waals surface area contributed by atoms with E-state index in [0.29, 0.717) is 5.92 Å². The van der Waals surface area contributed by atoms with Gasteiger partial charge in [0.1, 0.15) is 0 Å². The van der Waals surface area contributed by atoms with Crippen LogP contribution in [0.5, 0.6) is 0 Å². The Kier molecular flexibility index (Phi) is 2.55. The van der Waals surface area contributed by atoms with Gasteiger partial charge in [0.05, 0.1) is 0 Å². The van der Waals surface area contributed by atoms with Gasteiger partial charge in [0.25, 0.3) is 0 Å². The monoisotopic (exact) mass is 154 g/mol. The van der Waals surface area contributed by atoms with Crippen LogP contribution in [0, 0.1) is 5.92 Å². The maximum Gasteiger partial charge on any atom is 0.0122 e. The molecule has 0 aromatic rings. The van der Waals surface area contributed by atoms with Crippen molar-refractivity contribution in [1.29, 1.82) is 0 Å². The van der Waals surface area contributed by atoms with Crippen molar-refractivity contribution in [3.05, 3.63) is 12.3 Å². The summed E-state index contributed by atoms with van der Waals surface area (Å²) >= 11 is 0. The number of likely N-dealkylation sites (tertiary alicyclic amines) is 1. The van der Waals surface area contributed by atoms with Crippen molar-refractivity contribution in [2.75, 3.05) is 34.2 Å². The van der Waals surface area contributed by atoms with E-state index >= 15 is 0 Å². The lowest BCUT2D eigenvalue weighted by Gasteiger charge is -2.21. The van der Waals surface area contributed by atoms with E-state index in [2.05, 4.69) is 37.5 Å². The van der Waals surface area contributed by atoms with Gasteiger partial charge < -0.3 is 9.80 Å². The van der Waals surface area contributed by atoms with Gasteiger partial charge in [0, 0.05) is 32.3 Å². The molecular formula is C9H18N2. The highest BCUT2D eigenvalue weighted by molar-refractivity contribution is 5.01. The zero-order valence-corrected chi connectivity index (χ0v) is 7.80. The third-order valence-corrected chi connectivity index (χ3v) is 2.44. The normalized spacial score (nSPS) is 25.5. The smallest absolute Gasteiger partial charge is 0.0122 e. The van der Waals surface area contributed by atoms with E-state index < -0.39 is 0 Å². The molecule has 1 aliphatic rings. The second kappa shape index (κ2) is 3.26. The molecule has 2 heteroatoms. The molecule has 2 nitrogen and oxygen atoms in total. The van der Waals surface area contributed by atoms with Crippen LogP contribution in [0.4, 0.5) is 0 Å². The highest BCUT2D eigenvalue weighted by atomic mass is 15.1. The van der Waals surface area contributed by atoms with Gasteiger partial charge in [-0.05, 0) is 20.0 Å². The Morgan fingerprint density at radius 2 is 2.18 bits per heavy atom. The molecule has 1 aliphatic heterocycles. The molecule has 0 amide bonds. The van der Waals surface area contributed by atoms with Crippen LogP contribution in [-0.2, 0) is 0 Å². The molecular weight excluding hydrogens is 136 g/mol. The minimum Gasteiger partial charge on any atom is -0.381 e. The van der Waals surface area contributed by atoms with E-state index in [1.54, 1.807) is 0 Å². The lowest BCUT2D eigenvalue weighted by atomic mass is 10.1. The van der Waals surface area contributed by atoms with Crippen LogP contribution in [0.15, 0.2) is 12.3 Å². The first kappa shape index (κ1) is 8.60. The Bertz CT molecular complexity index is 152. The first-order valence-corrected chi connectivity index (χ1v) is 4.16. The fourth-order valence-electron chi connectivity index (χ4n) is 1.57. The van der Waals surface area contributed by atoms with Crippen molar-refractivity contribution >= 4 is 0 Å². The topological polar surface area (TPSA) is 6.48 Å².